The van der Waals surface area contributed by atoms with Crippen LogP contribution in [0.2, 0.25) is 0 Å². The molecule has 4 rings (SSSR count). The summed E-state index contributed by atoms with van der Waals surface area (Å²) in [6.07, 6.45) is 0.0580. The Labute approximate surface area is 193 Å². The van der Waals surface area contributed by atoms with Crippen molar-refractivity contribution in [3.8, 4) is 5.75 Å². The van der Waals surface area contributed by atoms with Crippen molar-refractivity contribution in [2.45, 2.75) is 58.5 Å². The lowest BCUT2D eigenvalue weighted by Gasteiger charge is -2.36. The van der Waals surface area contributed by atoms with Gasteiger partial charge in [0.05, 0.1) is 0 Å². The van der Waals surface area contributed by atoms with Crippen LogP contribution in [0.1, 0.15) is 64.4 Å². The molecule has 0 bridgehead atoms. The van der Waals surface area contributed by atoms with E-state index in [2.05, 4.69) is 124 Å². The van der Waals surface area contributed by atoms with Gasteiger partial charge in [-0.15, -0.1) is 0 Å². The van der Waals surface area contributed by atoms with E-state index in [1.807, 2.05) is 0 Å². The summed E-state index contributed by atoms with van der Waals surface area (Å²) in [6, 6.07) is 25.8. The second-order valence-corrected chi connectivity index (χ2v) is 10.9. The number of anilines is 2. The summed E-state index contributed by atoms with van der Waals surface area (Å²) in [5, 5.41) is 11.3. The van der Waals surface area contributed by atoms with Crippen molar-refractivity contribution in [3.63, 3.8) is 0 Å². The van der Waals surface area contributed by atoms with E-state index in [1.54, 1.807) is 0 Å². The summed E-state index contributed by atoms with van der Waals surface area (Å²) >= 11 is 0. The van der Waals surface area contributed by atoms with Crippen LogP contribution in [0, 0.1) is 0 Å². The standard InChI is InChI=1S/C29H36N2O/c1-28(2,3)24-19-21(20-25(26(24)32)29(4,5)6)27-30(22-13-9-7-10-14-22)17-18-31(27)23-15-11-8-12-16-23/h7-16,19-20,27,32H,17-18H2,1-6H3. The van der Waals surface area contributed by atoms with Crippen LogP contribution in [-0.4, -0.2) is 18.2 Å². The molecule has 0 amide bonds. The Morgan fingerprint density at radius 2 is 1.03 bits per heavy atom. The van der Waals surface area contributed by atoms with Gasteiger partial charge in [-0.3, -0.25) is 0 Å². The number of hydrogen-bond donors (Lipinski definition) is 1. The maximum atomic E-state index is 11.3. The molecule has 1 aliphatic heterocycles. The summed E-state index contributed by atoms with van der Waals surface area (Å²) in [5.41, 5.74) is 5.36. The van der Waals surface area contributed by atoms with Crippen LogP contribution in [0.4, 0.5) is 11.4 Å². The molecule has 1 heterocycles. The highest BCUT2D eigenvalue weighted by atomic mass is 16.3. The second kappa shape index (κ2) is 8.20. The van der Waals surface area contributed by atoms with Crippen LogP contribution < -0.4 is 9.80 Å². The van der Waals surface area contributed by atoms with Crippen LogP contribution in [-0.2, 0) is 10.8 Å². The molecule has 0 saturated carbocycles. The molecule has 32 heavy (non-hydrogen) atoms. The Kier molecular flexibility index (Phi) is 5.70. The zero-order valence-corrected chi connectivity index (χ0v) is 20.3. The smallest absolute Gasteiger partial charge is 0.128 e. The molecule has 3 heteroatoms. The van der Waals surface area contributed by atoms with Gasteiger partial charge in [0.15, 0.2) is 0 Å². The fourth-order valence-corrected chi connectivity index (χ4v) is 4.72. The molecule has 0 aromatic heterocycles. The molecule has 3 aromatic carbocycles. The average Bonchev–Trinajstić information content (AvgIpc) is 3.19. The predicted molar refractivity (Wildman–Crippen MR) is 136 cm³/mol. The normalized spacial score (nSPS) is 15.4. The van der Waals surface area contributed by atoms with Crippen LogP contribution >= 0.6 is 0 Å². The average molecular weight is 429 g/mol. The predicted octanol–water partition coefficient (Wildman–Crippen LogP) is 7.01. The highest BCUT2D eigenvalue weighted by molar-refractivity contribution is 5.61. The van der Waals surface area contributed by atoms with E-state index in [4.69, 9.17) is 0 Å². The van der Waals surface area contributed by atoms with E-state index in [0.29, 0.717) is 5.75 Å². The first-order valence-corrected chi connectivity index (χ1v) is 11.6. The molecule has 0 spiro atoms. The molecular weight excluding hydrogens is 392 g/mol. The molecule has 0 aliphatic carbocycles. The van der Waals surface area contributed by atoms with Crippen molar-refractivity contribution >= 4 is 11.4 Å². The molecule has 168 valence electrons. The first-order valence-electron chi connectivity index (χ1n) is 11.6. The van der Waals surface area contributed by atoms with Gasteiger partial charge in [0, 0.05) is 24.5 Å². The SMILES string of the molecule is CC(C)(C)c1cc(C2N(c3ccccc3)CCN2c2ccccc2)cc(C(C)(C)C)c1O. The van der Waals surface area contributed by atoms with Gasteiger partial charge in [0.1, 0.15) is 11.9 Å². The van der Waals surface area contributed by atoms with Gasteiger partial charge in [-0.25, -0.2) is 0 Å². The number of rotatable bonds is 3. The summed E-state index contributed by atoms with van der Waals surface area (Å²) in [6.45, 7) is 15.0. The van der Waals surface area contributed by atoms with Crippen molar-refractivity contribution < 1.29 is 5.11 Å². The quantitative estimate of drug-likeness (QED) is 0.486. The molecule has 0 unspecified atom stereocenters. The topological polar surface area (TPSA) is 26.7 Å². The molecule has 0 atom stereocenters. The van der Waals surface area contributed by atoms with Gasteiger partial charge in [-0.05, 0) is 63.9 Å². The molecule has 1 fully saturated rings. The second-order valence-electron chi connectivity index (χ2n) is 10.9. The van der Waals surface area contributed by atoms with Gasteiger partial charge in [0.25, 0.3) is 0 Å². The Morgan fingerprint density at radius 3 is 1.38 bits per heavy atom. The van der Waals surface area contributed by atoms with E-state index in [9.17, 15) is 5.11 Å². The lowest BCUT2D eigenvalue weighted by Crippen LogP contribution is -2.32. The molecule has 1 N–H and O–H groups in total. The van der Waals surface area contributed by atoms with Crippen molar-refractivity contribution in [2.24, 2.45) is 0 Å². The van der Waals surface area contributed by atoms with Gasteiger partial charge >= 0.3 is 0 Å². The number of para-hydroxylation sites is 2. The van der Waals surface area contributed by atoms with Crippen LogP contribution in [0.3, 0.4) is 0 Å². The number of phenolic OH excluding ortho intramolecular Hbond substituents is 1. The van der Waals surface area contributed by atoms with Gasteiger partial charge in [-0.1, -0.05) is 77.9 Å². The Bertz CT molecular complexity index is 979. The van der Waals surface area contributed by atoms with Gasteiger partial charge < -0.3 is 14.9 Å². The van der Waals surface area contributed by atoms with Crippen molar-refractivity contribution in [3.05, 3.63) is 89.5 Å². The Morgan fingerprint density at radius 1 is 0.656 bits per heavy atom. The number of aromatic hydroxyl groups is 1. The summed E-state index contributed by atoms with van der Waals surface area (Å²) in [7, 11) is 0. The minimum atomic E-state index is -0.159. The van der Waals surface area contributed by atoms with Crippen molar-refractivity contribution in [1.82, 2.24) is 0 Å². The van der Waals surface area contributed by atoms with Crippen LogP contribution in [0.5, 0.6) is 5.75 Å². The Balaban J connectivity index is 1.93. The summed E-state index contributed by atoms with van der Waals surface area (Å²) < 4.78 is 0. The molecule has 1 aliphatic rings. The minimum absolute atomic E-state index is 0.0580. The van der Waals surface area contributed by atoms with Crippen molar-refractivity contribution in [2.75, 3.05) is 22.9 Å². The maximum Gasteiger partial charge on any atom is 0.128 e. The van der Waals surface area contributed by atoms with E-state index >= 15 is 0 Å². The highest BCUT2D eigenvalue weighted by Crippen LogP contribution is 2.44. The lowest BCUT2D eigenvalue weighted by atomic mass is 9.78. The van der Waals surface area contributed by atoms with E-state index in [-0.39, 0.29) is 17.0 Å². The molecule has 1 saturated heterocycles. The zero-order valence-electron chi connectivity index (χ0n) is 20.3. The summed E-state index contributed by atoms with van der Waals surface area (Å²) in [5.74, 6) is 0.435. The maximum absolute atomic E-state index is 11.3. The van der Waals surface area contributed by atoms with Gasteiger partial charge in [-0.2, -0.15) is 0 Å². The summed E-state index contributed by atoms with van der Waals surface area (Å²) in [4.78, 5) is 4.97. The monoisotopic (exact) mass is 428 g/mol. The highest BCUT2D eigenvalue weighted by Gasteiger charge is 2.36. The van der Waals surface area contributed by atoms with E-state index in [0.717, 1.165) is 24.2 Å². The van der Waals surface area contributed by atoms with E-state index in [1.165, 1.54) is 16.9 Å². The lowest BCUT2D eigenvalue weighted by molar-refractivity contribution is 0.422. The number of benzene rings is 3. The first kappa shape index (κ1) is 22.3. The van der Waals surface area contributed by atoms with Gasteiger partial charge in [0.2, 0.25) is 0 Å². The van der Waals surface area contributed by atoms with Crippen LogP contribution in [0.25, 0.3) is 0 Å². The number of phenols is 1. The fourth-order valence-electron chi connectivity index (χ4n) is 4.72. The fraction of sp³-hybridized carbons (Fsp3) is 0.379. The van der Waals surface area contributed by atoms with Crippen molar-refractivity contribution in [1.29, 1.82) is 0 Å². The third-order valence-electron chi connectivity index (χ3n) is 6.39. The largest absolute Gasteiger partial charge is 0.507 e. The molecule has 0 radical (unpaired) electrons. The van der Waals surface area contributed by atoms with Crippen LogP contribution in [0.15, 0.2) is 72.8 Å². The Hall–Kier alpha value is -2.94. The molecular formula is C29H36N2O. The minimum Gasteiger partial charge on any atom is -0.507 e. The number of hydrogen-bond acceptors (Lipinski definition) is 3. The molecule has 3 aromatic rings. The number of nitrogens with zero attached hydrogens (tertiary/aromatic N) is 2. The third-order valence-corrected chi connectivity index (χ3v) is 6.39. The first-order chi connectivity index (χ1) is 15.1. The molecule has 3 nitrogen and oxygen atoms in total. The van der Waals surface area contributed by atoms with E-state index < -0.39 is 0 Å². The zero-order chi connectivity index (χ0) is 23.1. The third kappa shape index (κ3) is 4.21.